The highest BCUT2D eigenvalue weighted by Gasteiger charge is 2.34. The highest BCUT2D eigenvalue weighted by Crippen LogP contribution is 2.33. The second-order valence-corrected chi connectivity index (χ2v) is 5.86. The van der Waals surface area contributed by atoms with Gasteiger partial charge in [0.2, 0.25) is 0 Å². The Morgan fingerprint density at radius 3 is 2.75 bits per heavy atom. The third-order valence-corrected chi connectivity index (χ3v) is 3.90. The van der Waals surface area contributed by atoms with Crippen LogP contribution in [0, 0.1) is 12.8 Å². The standard InChI is InChI=1S/C11H14N2OS2/c1-6-2-5-8(16-6)11(14)13-9(10(12)15)7-3-4-7/h2,5,7,9H,3-4H2,1H3,(H2,12,15)(H,13,14). The van der Waals surface area contributed by atoms with Crippen LogP contribution < -0.4 is 11.1 Å². The monoisotopic (exact) mass is 254 g/mol. The molecule has 0 spiro atoms. The molecule has 16 heavy (non-hydrogen) atoms. The van der Waals surface area contributed by atoms with Gasteiger partial charge in [-0.1, -0.05) is 12.2 Å². The molecule has 1 fully saturated rings. The van der Waals surface area contributed by atoms with Crippen LogP contribution in [0.15, 0.2) is 12.1 Å². The van der Waals surface area contributed by atoms with E-state index in [0.717, 1.165) is 22.6 Å². The number of rotatable bonds is 4. The van der Waals surface area contributed by atoms with Crippen molar-refractivity contribution in [3.8, 4) is 0 Å². The van der Waals surface area contributed by atoms with Crippen LogP contribution in [0.25, 0.3) is 0 Å². The van der Waals surface area contributed by atoms with Crippen LogP contribution >= 0.6 is 23.6 Å². The van der Waals surface area contributed by atoms with Gasteiger partial charge in [0.1, 0.15) is 0 Å². The van der Waals surface area contributed by atoms with Gasteiger partial charge in [0.15, 0.2) is 0 Å². The summed E-state index contributed by atoms with van der Waals surface area (Å²) in [4.78, 5) is 14.1. The normalized spacial score (nSPS) is 16.8. The molecule has 1 aliphatic rings. The van der Waals surface area contributed by atoms with Gasteiger partial charge >= 0.3 is 0 Å². The lowest BCUT2D eigenvalue weighted by Gasteiger charge is -2.15. The van der Waals surface area contributed by atoms with Crippen LogP contribution in [0.2, 0.25) is 0 Å². The molecule has 1 aromatic rings. The fourth-order valence-corrected chi connectivity index (χ4v) is 2.64. The molecule has 1 heterocycles. The number of thiophene rings is 1. The predicted octanol–water partition coefficient (Wildman–Crippen LogP) is 1.85. The second kappa shape index (κ2) is 4.51. The van der Waals surface area contributed by atoms with Crippen molar-refractivity contribution < 1.29 is 4.79 Å². The zero-order valence-electron chi connectivity index (χ0n) is 9.03. The summed E-state index contributed by atoms with van der Waals surface area (Å²) in [5.74, 6) is 0.380. The van der Waals surface area contributed by atoms with Crippen molar-refractivity contribution in [3.05, 3.63) is 21.9 Å². The Bertz CT molecular complexity index is 423. The van der Waals surface area contributed by atoms with Gasteiger partial charge in [-0.15, -0.1) is 11.3 Å². The molecule has 5 heteroatoms. The van der Waals surface area contributed by atoms with Crippen molar-refractivity contribution in [3.63, 3.8) is 0 Å². The molecule has 0 radical (unpaired) electrons. The number of carbonyl (C=O) groups is 1. The van der Waals surface area contributed by atoms with E-state index in [1.54, 1.807) is 0 Å². The molecule has 3 N–H and O–H groups in total. The topological polar surface area (TPSA) is 55.1 Å². The summed E-state index contributed by atoms with van der Waals surface area (Å²) in [6.07, 6.45) is 2.21. The highest BCUT2D eigenvalue weighted by molar-refractivity contribution is 7.80. The molecular formula is C11H14N2OS2. The number of nitrogens with one attached hydrogen (secondary N) is 1. The SMILES string of the molecule is Cc1ccc(C(=O)NC(C(N)=S)C2CC2)s1. The third-order valence-electron chi connectivity index (χ3n) is 2.65. The average molecular weight is 254 g/mol. The lowest BCUT2D eigenvalue weighted by Crippen LogP contribution is -2.44. The van der Waals surface area contributed by atoms with Crippen molar-refractivity contribution in [2.24, 2.45) is 11.7 Å². The summed E-state index contributed by atoms with van der Waals surface area (Å²) in [6, 6.07) is 3.63. The van der Waals surface area contributed by atoms with Crippen molar-refractivity contribution >= 4 is 34.5 Å². The van der Waals surface area contributed by atoms with Gasteiger partial charge in [0.05, 0.1) is 15.9 Å². The Labute approximate surface area is 104 Å². The van der Waals surface area contributed by atoms with Crippen LogP contribution in [0.1, 0.15) is 27.4 Å². The Morgan fingerprint density at radius 1 is 1.62 bits per heavy atom. The van der Waals surface area contributed by atoms with Gasteiger partial charge in [-0.25, -0.2) is 0 Å². The molecule has 1 aliphatic carbocycles. The average Bonchev–Trinajstić information content (AvgIpc) is 2.96. The fraction of sp³-hybridized carbons (Fsp3) is 0.455. The first kappa shape index (κ1) is 11.5. The van der Waals surface area contributed by atoms with Crippen molar-refractivity contribution in [2.45, 2.75) is 25.8 Å². The zero-order valence-corrected chi connectivity index (χ0v) is 10.7. The van der Waals surface area contributed by atoms with Crippen molar-refractivity contribution in [1.82, 2.24) is 5.32 Å². The number of hydrogen-bond acceptors (Lipinski definition) is 3. The number of carbonyl (C=O) groups excluding carboxylic acids is 1. The summed E-state index contributed by atoms with van der Waals surface area (Å²) in [5.41, 5.74) is 5.63. The predicted molar refractivity (Wildman–Crippen MR) is 69.8 cm³/mol. The molecule has 0 saturated heterocycles. The van der Waals surface area contributed by atoms with Gasteiger partial charge in [0, 0.05) is 4.88 Å². The summed E-state index contributed by atoms with van der Waals surface area (Å²) in [6.45, 7) is 1.98. The van der Waals surface area contributed by atoms with E-state index in [1.165, 1.54) is 11.3 Å². The fourth-order valence-electron chi connectivity index (χ4n) is 1.62. The molecule has 1 amide bonds. The van der Waals surface area contributed by atoms with E-state index in [1.807, 2.05) is 19.1 Å². The van der Waals surface area contributed by atoms with Gasteiger partial charge in [-0.2, -0.15) is 0 Å². The summed E-state index contributed by atoms with van der Waals surface area (Å²) >= 11 is 6.46. The van der Waals surface area contributed by atoms with Gasteiger partial charge in [0.25, 0.3) is 5.91 Å². The summed E-state index contributed by atoms with van der Waals surface area (Å²) in [7, 11) is 0. The third kappa shape index (κ3) is 2.59. The number of hydrogen-bond donors (Lipinski definition) is 2. The Balaban J connectivity index is 2.02. The van der Waals surface area contributed by atoms with Gasteiger partial charge in [-0.05, 0) is 37.8 Å². The molecule has 0 bridgehead atoms. The molecular weight excluding hydrogens is 240 g/mol. The van der Waals surface area contributed by atoms with Crippen molar-refractivity contribution in [1.29, 1.82) is 0 Å². The maximum Gasteiger partial charge on any atom is 0.261 e. The minimum atomic E-state index is -0.134. The van der Waals surface area contributed by atoms with Crippen LogP contribution in [0.5, 0.6) is 0 Å². The smallest absolute Gasteiger partial charge is 0.261 e. The van der Waals surface area contributed by atoms with Crippen molar-refractivity contribution in [2.75, 3.05) is 0 Å². The Morgan fingerprint density at radius 2 is 2.31 bits per heavy atom. The first-order valence-electron chi connectivity index (χ1n) is 5.24. The largest absolute Gasteiger partial charge is 0.392 e. The van der Waals surface area contributed by atoms with Crippen LogP contribution in [-0.4, -0.2) is 16.9 Å². The molecule has 2 rings (SSSR count). The van der Waals surface area contributed by atoms with E-state index < -0.39 is 0 Å². The Hall–Kier alpha value is -0.940. The minimum absolute atomic E-state index is 0.0669. The second-order valence-electron chi connectivity index (χ2n) is 4.10. The minimum Gasteiger partial charge on any atom is -0.392 e. The maximum absolute atomic E-state index is 11.9. The van der Waals surface area contributed by atoms with Gasteiger partial charge in [-0.3, -0.25) is 4.79 Å². The quantitative estimate of drug-likeness (QED) is 0.806. The van der Waals surface area contributed by atoms with E-state index in [2.05, 4.69) is 5.32 Å². The zero-order chi connectivity index (χ0) is 11.7. The number of aryl methyl sites for hydroxylation is 1. The maximum atomic E-state index is 11.9. The van der Waals surface area contributed by atoms with E-state index in [0.29, 0.717) is 10.9 Å². The summed E-state index contributed by atoms with van der Waals surface area (Å²) < 4.78 is 0. The number of amides is 1. The molecule has 1 unspecified atom stereocenters. The molecule has 1 saturated carbocycles. The molecule has 1 atom stereocenters. The highest BCUT2D eigenvalue weighted by atomic mass is 32.1. The molecule has 86 valence electrons. The first-order valence-corrected chi connectivity index (χ1v) is 6.47. The van der Waals surface area contributed by atoms with E-state index in [-0.39, 0.29) is 11.9 Å². The molecule has 3 nitrogen and oxygen atoms in total. The molecule has 1 aromatic heterocycles. The summed E-state index contributed by atoms with van der Waals surface area (Å²) in [5, 5.41) is 2.91. The van der Waals surface area contributed by atoms with E-state index >= 15 is 0 Å². The van der Waals surface area contributed by atoms with Crippen LogP contribution in [0.3, 0.4) is 0 Å². The molecule has 0 aromatic carbocycles. The van der Waals surface area contributed by atoms with E-state index in [4.69, 9.17) is 18.0 Å². The number of thiocarbonyl (C=S) groups is 1. The lowest BCUT2D eigenvalue weighted by molar-refractivity contribution is 0.0948. The van der Waals surface area contributed by atoms with Crippen LogP contribution in [0.4, 0.5) is 0 Å². The Kier molecular flexibility index (Phi) is 3.25. The van der Waals surface area contributed by atoms with Gasteiger partial charge < -0.3 is 11.1 Å². The van der Waals surface area contributed by atoms with Crippen LogP contribution in [-0.2, 0) is 0 Å². The first-order chi connectivity index (χ1) is 7.58. The number of nitrogens with two attached hydrogens (primary N) is 1. The lowest BCUT2D eigenvalue weighted by atomic mass is 10.2. The van der Waals surface area contributed by atoms with E-state index in [9.17, 15) is 4.79 Å². The molecule has 0 aliphatic heterocycles.